The number of amides is 1. The maximum atomic E-state index is 12.1. The van der Waals surface area contributed by atoms with E-state index in [9.17, 15) is 4.79 Å². The van der Waals surface area contributed by atoms with Crippen LogP contribution in [0.25, 0.3) is 0 Å². The molecule has 0 aliphatic heterocycles. The quantitative estimate of drug-likeness (QED) is 0.770. The maximum absolute atomic E-state index is 12.1. The fourth-order valence-electron chi connectivity index (χ4n) is 1.97. The minimum atomic E-state index is -0.468. The maximum Gasteiger partial charge on any atom is 0.410 e. The van der Waals surface area contributed by atoms with E-state index in [2.05, 4.69) is 21.2 Å². The number of nitrogens with zero attached hydrogens (tertiary/aromatic N) is 1. The van der Waals surface area contributed by atoms with Gasteiger partial charge >= 0.3 is 6.09 Å². The van der Waals surface area contributed by atoms with Crippen molar-refractivity contribution in [1.82, 2.24) is 10.2 Å². The second-order valence-electron chi connectivity index (χ2n) is 6.29. The highest BCUT2D eigenvalue weighted by molar-refractivity contribution is 9.10. The molecular formula is C16H27BrN2O3. The molecule has 0 spiro atoms. The minimum Gasteiger partial charge on any atom is -0.453 e. The van der Waals surface area contributed by atoms with Gasteiger partial charge in [-0.05, 0) is 62.2 Å². The first-order valence-corrected chi connectivity index (χ1v) is 8.48. The van der Waals surface area contributed by atoms with Gasteiger partial charge in [0.2, 0.25) is 0 Å². The number of halogens is 1. The summed E-state index contributed by atoms with van der Waals surface area (Å²) in [4.78, 5) is 13.9. The highest BCUT2D eigenvalue weighted by Crippen LogP contribution is 2.19. The van der Waals surface area contributed by atoms with Gasteiger partial charge in [-0.1, -0.05) is 6.92 Å². The number of rotatable bonds is 7. The molecule has 1 aromatic rings. The Bertz CT molecular complexity index is 468. The predicted octanol–water partition coefficient (Wildman–Crippen LogP) is 4.34. The average molecular weight is 375 g/mol. The van der Waals surface area contributed by atoms with Crippen molar-refractivity contribution < 1.29 is 13.9 Å². The van der Waals surface area contributed by atoms with Gasteiger partial charge in [0.25, 0.3) is 0 Å². The van der Waals surface area contributed by atoms with Gasteiger partial charge in [-0.15, -0.1) is 0 Å². The standard InChI is InChI=1S/C16H27BrN2O3/c1-6-10-19(15(20)22-16(3,4)5)11-9-18-12(2)13-7-8-14(17)21-13/h7-8,12,18H,6,9-11H2,1-5H3. The van der Waals surface area contributed by atoms with Crippen LogP contribution in [0.5, 0.6) is 0 Å². The van der Waals surface area contributed by atoms with E-state index in [1.807, 2.05) is 46.8 Å². The Morgan fingerprint density at radius 2 is 2.09 bits per heavy atom. The topological polar surface area (TPSA) is 54.7 Å². The fourth-order valence-corrected chi connectivity index (χ4v) is 2.29. The van der Waals surface area contributed by atoms with Crippen molar-refractivity contribution in [3.8, 4) is 0 Å². The number of ether oxygens (including phenoxy) is 1. The lowest BCUT2D eigenvalue weighted by molar-refractivity contribution is 0.0250. The average Bonchev–Trinajstić information content (AvgIpc) is 2.82. The third kappa shape index (κ3) is 6.83. The lowest BCUT2D eigenvalue weighted by Crippen LogP contribution is -2.41. The van der Waals surface area contributed by atoms with Gasteiger partial charge in [0, 0.05) is 19.6 Å². The smallest absolute Gasteiger partial charge is 0.410 e. The molecule has 0 bridgehead atoms. The highest BCUT2D eigenvalue weighted by atomic mass is 79.9. The second-order valence-corrected chi connectivity index (χ2v) is 7.07. The molecule has 5 nitrogen and oxygen atoms in total. The monoisotopic (exact) mass is 374 g/mol. The van der Waals surface area contributed by atoms with E-state index in [1.54, 1.807) is 4.90 Å². The van der Waals surface area contributed by atoms with Crippen molar-refractivity contribution in [2.24, 2.45) is 0 Å². The van der Waals surface area contributed by atoms with E-state index in [1.165, 1.54) is 0 Å². The first kappa shape index (κ1) is 19.0. The molecule has 126 valence electrons. The summed E-state index contributed by atoms with van der Waals surface area (Å²) in [5, 5.41) is 3.35. The molecule has 0 aromatic carbocycles. The van der Waals surface area contributed by atoms with Gasteiger partial charge < -0.3 is 19.4 Å². The van der Waals surface area contributed by atoms with E-state index in [0.29, 0.717) is 19.6 Å². The van der Waals surface area contributed by atoms with Crippen LogP contribution in [-0.4, -0.2) is 36.2 Å². The van der Waals surface area contributed by atoms with E-state index in [4.69, 9.17) is 9.15 Å². The van der Waals surface area contributed by atoms with Gasteiger partial charge in [-0.3, -0.25) is 0 Å². The Labute approximate surface area is 141 Å². The lowest BCUT2D eigenvalue weighted by Gasteiger charge is -2.27. The van der Waals surface area contributed by atoms with Crippen molar-refractivity contribution in [2.75, 3.05) is 19.6 Å². The van der Waals surface area contributed by atoms with Crippen LogP contribution in [0.4, 0.5) is 4.79 Å². The molecule has 0 aliphatic carbocycles. The molecule has 1 rings (SSSR count). The van der Waals surface area contributed by atoms with Crippen molar-refractivity contribution in [2.45, 2.75) is 52.7 Å². The summed E-state index contributed by atoms with van der Waals surface area (Å²) in [7, 11) is 0. The van der Waals surface area contributed by atoms with E-state index < -0.39 is 5.60 Å². The highest BCUT2D eigenvalue weighted by Gasteiger charge is 2.21. The second kappa shape index (κ2) is 8.58. The summed E-state index contributed by atoms with van der Waals surface area (Å²) in [5.74, 6) is 0.867. The Morgan fingerprint density at radius 3 is 2.59 bits per heavy atom. The molecule has 0 saturated carbocycles. The number of nitrogens with one attached hydrogen (secondary N) is 1. The van der Waals surface area contributed by atoms with Crippen molar-refractivity contribution >= 4 is 22.0 Å². The number of carbonyl (C=O) groups is 1. The van der Waals surface area contributed by atoms with Crippen molar-refractivity contribution in [1.29, 1.82) is 0 Å². The third-order valence-corrected chi connectivity index (χ3v) is 3.42. The zero-order valence-corrected chi connectivity index (χ0v) is 15.7. The number of carbonyl (C=O) groups excluding carboxylic acids is 1. The third-order valence-electron chi connectivity index (χ3n) is 3.00. The minimum absolute atomic E-state index is 0.0911. The van der Waals surface area contributed by atoms with Crippen LogP contribution >= 0.6 is 15.9 Å². The Hall–Kier alpha value is -1.01. The van der Waals surface area contributed by atoms with Gasteiger partial charge in [-0.2, -0.15) is 0 Å². The van der Waals surface area contributed by atoms with Crippen LogP contribution in [0.3, 0.4) is 0 Å². The van der Waals surface area contributed by atoms with Crippen LogP contribution in [-0.2, 0) is 4.74 Å². The summed E-state index contributed by atoms with van der Waals surface area (Å²) >= 11 is 3.30. The molecule has 1 aromatic heterocycles. The molecule has 1 atom stereocenters. The van der Waals surface area contributed by atoms with Crippen LogP contribution < -0.4 is 5.32 Å². The molecule has 0 radical (unpaired) electrons. The van der Waals surface area contributed by atoms with Gasteiger partial charge in [-0.25, -0.2) is 4.79 Å². The summed E-state index contributed by atoms with van der Waals surface area (Å²) in [6, 6.07) is 3.89. The summed E-state index contributed by atoms with van der Waals surface area (Å²) in [6.07, 6.45) is 0.643. The zero-order valence-electron chi connectivity index (χ0n) is 14.1. The van der Waals surface area contributed by atoms with Crippen LogP contribution in [0.1, 0.15) is 52.8 Å². The summed E-state index contributed by atoms with van der Waals surface area (Å²) < 4.78 is 11.7. The lowest BCUT2D eigenvalue weighted by atomic mass is 10.2. The molecular weight excluding hydrogens is 348 g/mol. The van der Waals surface area contributed by atoms with Crippen LogP contribution in [0, 0.1) is 0 Å². The molecule has 1 unspecified atom stereocenters. The molecule has 1 heterocycles. The van der Waals surface area contributed by atoms with E-state index in [-0.39, 0.29) is 12.1 Å². The molecule has 22 heavy (non-hydrogen) atoms. The molecule has 6 heteroatoms. The van der Waals surface area contributed by atoms with E-state index in [0.717, 1.165) is 16.9 Å². The SMILES string of the molecule is CCCN(CCNC(C)c1ccc(Br)o1)C(=O)OC(C)(C)C. The van der Waals surface area contributed by atoms with E-state index >= 15 is 0 Å². The first-order valence-electron chi connectivity index (χ1n) is 7.69. The largest absolute Gasteiger partial charge is 0.453 e. The summed E-state index contributed by atoms with van der Waals surface area (Å²) in [6.45, 7) is 11.7. The van der Waals surface area contributed by atoms with Crippen LogP contribution in [0.2, 0.25) is 0 Å². The Morgan fingerprint density at radius 1 is 1.41 bits per heavy atom. The normalized spacial score (nSPS) is 13.0. The van der Waals surface area contributed by atoms with Gasteiger partial charge in [0.05, 0.1) is 6.04 Å². The van der Waals surface area contributed by atoms with Crippen LogP contribution in [0.15, 0.2) is 21.2 Å². The Balaban J connectivity index is 2.45. The molecule has 1 N–H and O–H groups in total. The molecule has 1 amide bonds. The number of hydrogen-bond donors (Lipinski definition) is 1. The number of furan rings is 1. The molecule has 0 saturated heterocycles. The fraction of sp³-hybridized carbons (Fsp3) is 0.688. The van der Waals surface area contributed by atoms with Crippen molar-refractivity contribution in [3.05, 3.63) is 22.6 Å². The molecule has 0 fully saturated rings. The molecule has 0 aliphatic rings. The van der Waals surface area contributed by atoms with Gasteiger partial charge in [0.15, 0.2) is 4.67 Å². The van der Waals surface area contributed by atoms with Gasteiger partial charge in [0.1, 0.15) is 11.4 Å². The zero-order chi connectivity index (χ0) is 16.8. The van der Waals surface area contributed by atoms with Crippen molar-refractivity contribution in [3.63, 3.8) is 0 Å². The number of hydrogen-bond acceptors (Lipinski definition) is 4. The summed E-state index contributed by atoms with van der Waals surface area (Å²) in [5.41, 5.74) is -0.468. The first-order chi connectivity index (χ1) is 10.2. The predicted molar refractivity (Wildman–Crippen MR) is 90.9 cm³/mol. The Kier molecular flexibility index (Phi) is 7.42.